The maximum atomic E-state index is 13.1. The molecule has 4 fully saturated rings. The fourth-order valence-corrected chi connectivity index (χ4v) is 5.92. The highest BCUT2D eigenvalue weighted by Crippen LogP contribution is 2.59. The average Bonchev–Trinajstić information content (AvgIpc) is 3.22. The summed E-state index contributed by atoms with van der Waals surface area (Å²) in [5.41, 5.74) is 2.66. The topological polar surface area (TPSA) is 23.6 Å². The molecule has 0 radical (unpaired) electrons. The average molecular weight is 296 g/mol. The van der Waals surface area contributed by atoms with Crippen LogP contribution in [0.15, 0.2) is 24.3 Å². The molecule has 0 unspecified atom stereocenters. The molecule has 1 aromatic rings. The Balaban J connectivity index is 1.68. The van der Waals surface area contributed by atoms with Crippen LogP contribution in [-0.4, -0.2) is 34.5 Å². The summed E-state index contributed by atoms with van der Waals surface area (Å²) in [7, 11) is 0. The first-order chi connectivity index (χ1) is 10.7. The number of amides is 2. The summed E-state index contributed by atoms with van der Waals surface area (Å²) in [6.45, 7) is 3.11. The minimum atomic E-state index is -0.0307. The van der Waals surface area contributed by atoms with Crippen molar-refractivity contribution in [3.05, 3.63) is 35.4 Å². The van der Waals surface area contributed by atoms with Crippen molar-refractivity contribution >= 4 is 6.03 Å². The van der Waals surface area contributed by atoms with Gasteiger partial charge in [-0.2, -0.15) is 0 Å². The first kappa shape index (κ1) is 13.0. The van der Waals surface area contributed by atoms with E-state index in [2.05, 4.69) is 41.0 Å². The van der Waals surface area contributed by atoms with Gasteiger partial charge in [0.05, 0.1) is 11.6 Å². The van der Waals surface area contributed by atoms with E-state index >= 15 is 0 Å². The Kier molecular flexibility index (Phi) is 2.52. The summed E-state index contributed by atoms with van der Waals surface area (Å²) < 4.78 is 0. The fraction of sp³-hybridized carbons (Fsp3) is 0.632. The van der Waals surface area contributed by atoms with Gasteiger partial charge < -0.3 is 9.80 Å². The zero-order valence-electron chi connectivity index (χ0n) is 13.3. The number of aryl methyl sites for hydroxylation is 1. The van der Waals surface area contributed by atoms with Crippen molar-refractivity contribution < 1.29 is 4.79 Å². The van der Waals surface area contributed by atoms with Crippen molar-refractivity contribution in [2.24, 2.45) is 5.92 Å². The molecule has 4 atom stereocenters. The molecule has 3 heteroatoms. The third kappa shape index (κ3) is 1.40. The van der Waals surface area contributed by atoms with E-state index in [0.717, 1.165) is 12.5 Å². The predicted molar refractivity (Wildman–Crippen MR) is 85.6 cm³/mol. The molecular weight excluding hydrogens is 272 g/mol. The van der Waals surface area contributed by atoms with Gasteiger partial charge in [-0.15, -0.1) is 0 Å². The van der Waals surface area contributed by atoms with Crippen LogP contribution in [0.2, 0.25) is 0 Å². The van der Waals surface area contributed by atoms with Gasteiger partial charge >= 0.3 is 6.03 Å². The molecule has 3 heterocycles. The van der Waals surface area contributed by atoms with Gasteiger partial charge in [-0.1, -0.05) is 36.2 Å². The van der Waals surface area contributed by atoms with E-state index in [-0.39, 0.29) is 5.54 Å². The molecule has 3 nitrogen and oxygen atoms in total. The second-order valence-electron chi connectivity index (χ2n) is 7.76. The van der Waals surface area contributed by atoms with Crippen LogP contribution < -0.4 is 0 Å². The van der Waals surface area contributed by atoms with Crippen molar-refractivity contribution in [1.29, 1.82) is 0 Å². The van der Waals surface area contributed by atoms with E-state index < -0.39 is 0 Å². The quantitative estimate of drug-likeness (QED) is 0.776. The SMILES string of the molecule is Cc1ccc([C@@]23C[C@H]4CCC[C@H]4N2C(=O)N2CCC[C@@H]23)cc1. The molecule has 22 heavy (non-hydrogen) atoms. The predicted octanol–water partition coefficient (Wildman–Crippen LogP) is 3.66. The standard InChI is InChI=1S/C19H24N2O/c1-13-7-9-15(10-8-13)19-12-14-4-2-5-16(14)21(19)18(22)20-11-3-6-17(19)20/h7-10,14,16-17H,2-6,11-12H2,1H3/t14-,16-,17-,19-/m1/s1. The maximum Gasteiger partial charge on any atom is 0.321 e. The first-order valence-electron chi connectivity index (χ1n) is 8.89. The van der Waals surface area contributed by atoms with Gasteiger partial charge in [-0.3, -0.25) is 0 Å². The fourth-order valence-electron chi connectivity index (χ4n) is 5.92. The minimum Gasteiger partial charge on any atom is -0.319 e. The molecule has 1 aliphatic carbocycles. The van der Waals surface area contributed by atoms with Gasteiger partial charge in [0.25, 0.3) is 0 Å². The normalized spacial score (nSPS) is 39.3. The molecule has 2 amide bonds. The smallest absolute Gasteiger partial charge is 0.319 e. The Hall–Kier alpha value is -1.51. The molecule has 4 aliphatic rings. The van der Waals surface area contributed by atoms with Gasteiger partial charge in [0.1, 0.15) is 0 Å². The lowest BCUT2D eigenvalue weighted by Gasteiger charge is -2.38. The lowest BCUT2D eigenvalue weighted by molar-refractivity contribution is 0.144. The number of hydrogen-bond donors (Lipinski definition) is 0. The first-order valence-corrected chi connectivity index (χ1v) is 8.89. The van der Waals surface area contributed by atoms with Gasteiger partial charge in [0, 0.05) is 12.6 Å². The number of benzene rings is 1. The summed E-state index contributed by atoms with van der Waals surface area (Å²) in [5.74, 6) is 0.730. The number of fused-ring (bicyclic) bond motifs is 5. The van der Waals surface area contributed by atoms with Crippen LogP contribution in [0, 0.1) is 12.8 Å². The Morgan fingerprint density at radius 2 is 1.91 bits per heavy atom. The third-order valence-corrected chi connectivity index (χ3v) is 6.76. The second-order valence-corrected chi connectivity index (χ2v) is 7.76. The molecule has 0 N–H and O–H groups in total. The lowest BCUT2D eigenvalue weighted by Crippen LogP contribution is -2.46. The summed E-state index contributed by atoms with van der Waals surface area (Å²) in [6.07, 6.45) is 7.36. The Morgan fingerprint density at radius 1 is 1.09 bits per heavy atom. The van der Waals surface area contributed by atoms with Crippen molar-refractivity contribution in [2.75, 3.05) is 6.54 Å². The van der Waals surface area contributed by atoms with Crippen molar-refractivity contribution in [2.45, 2.75) is 63.1 Å². The molecular formula is C19H24N2O. The summed E-state index contributed by atoms with van der Waals surface area (Å²) in [5, 5.41) is 0. The number of carbonyl (C=O) groups is 1. The van der Waals surface area contributed by atoms with Crippen LogP contribution in [-0.2, 0) is 5.54 Å². The van der Waals surface area contributed by atoms with Crippen LogP contribution in [0.4, 0.5) is 4.79 Å². The van der Waals surface area contributed by atoms with Gasteiger partial charge in [0.15, 0.2) is 0 Å². The molecule has 0 spiro atoms. The molecule has 0 aromatic heterocycles. The zero-order chi connectivity index (χ0) is 14.9. The number of urea groups is 1. The summed E-state index contributed by atoms with van der Waals surface area (Å²) in [4.78, 5) is 17.6. The molecule has 116 valence electrons. The van der Waals surface area contributed by atoms with Gasteiger partial charge in [-0.05, 0) is 50.5 Å². The van der Waals surface area contributed by atoms with E-state index in [1.165, 1.54) is 49.7 Å². The molecule has 3 aliphatic heterocycles. The minimum absolute atomic E-state index is 0.0307. The largest absolute Gasteiger partial charge is 0.321 e. The highest BCUT2D eigenvalue weighted by atomic mass is 16.2. The molecule has 1 aromatic carbocycles. The summed E-state index contributed by atoms with van der Waals surface area (Å²) in [6, 6.07) is 10.3. The van der Waals surface area contributed by atoms with E-state index in [4.69, 9.17) is 0 Å². The van der Waals surface area contributed by atoms with Crippen molar-refractivity contribution in [1.82, 2.24) is 9.80 Å². The Labute approximate surface area is 132 Å². The highest BCUT2D eigenvalue weighted by molar-refractivity contribution is 5.81. The second kappa shape index (κ2) is 4.27. The molecule has 1 saturated carbocycles. The van der Waals surface area contributed by atoms with Crippen LogP contribution in [0.25, 0.3) is 0 Å². The summed E-state index contributed by atoms with van der Waals surface area (Å²) >= 11 is 0. The van der Waals surface area contributed by atoms with Crippen LogP contribution in [0.3, 0.4) is 0 Å². The van der Waals surface area contributed by atoms with E-state index in [1.807, 2.05) is 0 Å². The van der Waals surface area contributed by atoms with E-state index in [1.54, 1.807) is 0 Å². The van der Waals surface area contributed by atoms with Gasteiger partial charge in [0.2, 0.25) is 0 Å². The monoisotopic (exact) mass is 296 g/mol. The third-order valence-electron chi connectivity index (χ3n) is 6.76. The van der Waals surface area contributed by atoms with Crippen LogP contribution in [0.5, 0.6) is 0 Å². The van der Waals surface area contributed by atoms with E-state index in [9.17, 15) is 4.79 Å². The Bertz CT molecular complexity index is 625. The van der Waals surface area contributed by atoms with Gasteiger partial charge in [-0.25, -0.2) is 4.79 Å². The number of rotatable bonds is 1. The number of carbonyl (C=O) groups excluding carboxylic acids is 1. The number of hydrogen-bond acceptors (Lipinski definition) is 1. The van der Waals surface area contributed by atoms with E-state index in [0.29, 0.717) is 18.1 Å². The zero-order valence-corrected chi connectivity index (χ0v) is 13.3. The molecule has 3 saturated heterocycles. The van der Waals surface area contributed by atoms with Crippen molar-refractivity contribution in [3.8, 4) is 0 Å². The molecule has 0 bridgehead atoms. The van der Waals surface area contributed by atoms with Crippen LogP contribution in [0.1, 0.15) is 49.7 Å². The maximum absolute atomic E-state index is 13.1. The van der Waals surface area contributed by atoms with Crippen molar-refractivity contribution in [3.63, 3.8) is 0 Å². The Morgan fingerprint density at radius 3 is 2.73 bits per heavy atom. The van der Waals surface area contributed by atoms with Crippen LogP contribution >= 0.6 is 0 Å². The highest BCUT2D eigenvalue weighted by Gasteiger charge is 2.66. The number of nitrogens with zero attached hydrogens (tertiary/aromatic N) is 2. The molecule has 5 rings (SSSR count). The lowest BCUT2D eigenvalue weighted by atomic mass is 9.78.